The Morgan fingerprint density at radius 3 is 2.44 bits per heavy atom. The molecular weight excluding hydrogens is 344 g/mol. The molecule has 0 amide bonds. The molecule has 134 valence electrons. The van der Waals surface area contributed by atoms with Gasteiger partial charge in [-0.3, -0.25) is 4.79 Å². The van der Waals surface area contributed by atoms with Gasteiger partial charge in [-0.05, 0) is 37.1 Å². The number of sulfonamides is 1. The van der Waals surface area contributed by atoms with Crippen LogP contribution in [0.3, 0.4) is 0 Å². The van der Waals surface area contributed by atoms with E-state index in [-0.39, 0.29) is 18.2 Å². The van der Waals surface area contributed by atoms with Crippen molar-refractivity contribution in [3.8, 4) is 0 Å². The number of hydrogen-bond acceptors (Lipinski definition) is 5. The standard InChI is InChI=1S/C17H20N2O5S/c20-16(21)13-18(14-6-2-1-3-7-14)12-15-8-9-17(24-15)25(22,23)19-10-4-5-11-19/h1-3,6-9H,4-5,10-13H2,(H,20,21). The van der Waals surface area contributed by atoms with Crippen molar-refractivity contribution < 1.29 is 22.7 Å². The van der Waals surface area contributed by atoms with E-state index in [9.17, 15) is 13.2 Å². The zero-order valence-electron chi connectivity index (χ0n) is 13.7. The second kappa shape index (κ2) is 7.28. The van der Waals surface area contributed by atoms with E-state index in [4.69, 9.17) is 9.52 Å². The van der Waals surface area contributed by atoms with Crippen LogP contribution in [0.15, 0.2) is 52.0 Å². The second-order valence-electron chi connectivity index (χ2n) is 5.92. The van der Waals surface area contributed by atoms with Gasteiger partial charge >= 0.3 is 5.97 Å². The summed E-state index contributed by atoms with van der Waals surface area (Å²) in [5.74, 6) is -0.566. The third-order valence-electron chi connectivity index (χ3n) is 4.09. The van der Waals surface area contributed by atoms with Crippen LogP contribution in [0.4, 0.5) is 5.69 Å². The van der Waals surface area contributed by atoms with E-state index < -0.39 is 16.0 Å². The molecule has 0 unspecified atom stereocenters. The smallest absolute Gasteiger partial charge is 0.323 e. The molecule has 3 rings (SSSR count). The number of carboxylic acid groups (broad SMARTS) is 1. The van der Waals surface area contributed by atoms with Crippen LogP contribution in [-0.4, -0.2) is 43.4 Å². The Hall–Kier alpha value is -2.32. The van der Waals surface area contributed by atoms with E-state index in [2.05, 4.69) is 0 Å². The van der Waals surface area contributed by atoms with Crippen LogP contribution < -0.4 is 4.90 Å². The maximum absolute atomic E-state index is 12.5. The number of rotatable bonds is 7. The normalized spacial score (nSPS) is 15.4. The van der Waals surface area contributed by atoms with Gasteiger partial charge in [0.25, 0.3) is 10.0 Å². The monoisotopic (exact) mass is 364 g/mol. The Kier molecular flexibility index (Phi) is 5.10. The average Bonchev–Trinajstić information content (AvgIpc) is 3.27. The highest BCUT2D eigenvalue weighted by Crippen LogP contribution is 2.24. The number of carbonyl (C=O) groups is 1. The minimum absolute atomic E-state index is 0.0901. The lowest BCUT2D eigenvalue weighted by molar-refractivity contribution is -0.135. The van der Waals surface area contributed by atoms with Gasteiger partial charge in [-0.25, -0.2) is 8.42 Å². The van der Waals surface area contributed by atoms with Gasteiger partial charge in [-0.1, -0.05) is 18.2 Å². The summed E-state index contributed by atoms with van der Waals surface area (Å²) in [6.45, 7) is 0.978. The molecule has 0 atom stereocenters. The number of anilines is 1. The second-order valence-corrected chi connectivity index (χ2v) is 7.79. The summed E-state index contributed by atoms with van der Waals surface area (Å²) in [6, 6.07) is 12.1. The SMILES string of the molecule is O=C(O)CN(Cc1ccc(S(=O)(=O)N2CCCC2)o1)c1ccccc1. The van der Waals surface area contributed by atoms with Crippen LogP contribution in [-0.2, 0) is 21.4 Å². The van der Waals surface area contributed by atoms with Crippen molar-refractivity contribution in [2.45, 2.75) is 24.5 Å². The molecule has 1 N–H and O–H groups in total. The van der Waals surface area contributed by atoms with E-state index in [0.717, 1.165) is 18.5 Å². The lowest BCUT2D eigenvalue weighted by Gasteiger charge is -2.21. The molecule has 0 radical (unpaired) electrons. The summed E-state index contributed by atoms with van der Waals surface area (Å²) in [5.41, 5.74) is 0.727. The van der Waals surface area contributed by atoms with Crippen molar-refractivity contribution in [3.63, 3.8) is 0 Å². The molecule has 1 fully saturated rings. The number of furan rings is 1. The molecule has 1 aromatic carbocycles. The summed E-state index contributed by atoms with van der Waals surface area (Å²) < 4.78 is 32.0. The van der Waals surface area contributed by atoms with Gasteiger partial charge in [-0.2, -0.15) is 4.31 Å². The number of nitrogens with zero attached hydrogens (tertiary/aromatic N) is 2. The Bertz CT molecular complexity index is 826. The topological polar surface area (TPSA) is 91.1 Å². The third-order valence-corrected chi connectivity index (χ3v) is 5.86. The molecule has 1 aliphatic rings. The highest BCUT2D eigenvalue weighted by molar-refractivity contribution is 7.89. The molecule has 2 heterocycles. The Balaban J connectivity index is 1.79. The fraction of sp³-hybridized carbons (Fsp3) is 0.353. The van der Waals surface area contributed by atoms with Gasteiger partial charge < -0.3 is 14.4 Å². The largest absolute Gasteiger partial charge is 0.480 e. The van der Waals surface area contributed by atoms with Gasteiger partial charge in [0.05, 0.1) is 6.54 Å². The van der Waals surface area contributed by atoms with Gasteiger partial charge in [-0.15, -0.1) is 0 Å². The molecule has 25 heavy (non-hydrogen) atoms. The molecule has 0 spiro atoms. The number of para-hydroxylation sites is 1. The fourth-order valence-corrected chi connectivity index (χ4v) is 4.31. The molecule has 0 saturated carbocycles. The van der Waals surface area contributed by atoms with E-state index in [1.54, 1.807) is 23.1 Å². The van der Waals surface area contributed by atoms with E-state index in [0.29, 0.717) is 18.8 Å². The van der Waals surface area contributed by atoms with Crippen molar-refractivity contribution in [1.82, 2.24) is 4.31 Å². The Morgan fingerprint density at radius 2 is 1.80 bits per heavy atom. The quantitative estimate of drug-likeness (QED) is 0.809. The Morgan fingerprint density at radius 1 is 1.12 bits per heavy atom. The summed E-state index contributed by atoms with van der Waals surface area (Å²) >= 11 is 0. The molecule has 0 bridgehead atoms. The zero-order valence-corrected chi connectivity index (χ0v) is 14.5. The van der Waals surface area contributed by atoms with Gasteiger partial charge in [0.2, 0.25) is 5.09 Å². The number of carboxylic acids is 1. The maximum atomic E-state index is 12.5. The molecule has 0 aliphatic carbocycles. The lowest BCUT2D eigenvalue weighted by Crippen LogP contribution is -2.29. The first-order chi connectivity index (χ1) is 12.0. The molecule has 8 heteroatoms. The maximum Gasteiger partial charge on any atom is 0.323 e. The van der Waals surface area contributed by atoms with Crippen molar-refractivity contribution in [3.05, 3.63) is 48.2 Å². The predicted octanol–water partition coefficient (Wildman–Crippen LogP) is 2.16. The summed E-state index contributed by atoms with van der Waals surface area (Å²) in [6.07, 6.45) is 1.71. The summed E-state index contributed by atoms with van der Waals surface area (Å²) in [5, 5.41) is 9.04. The molecule has 7 nitrogen and oxygen atoms in total. The summed E-state index contributed by atoms with van der Waals surface area (Å²) in [7, 11) is -3.61. The minimum Gasteiger partial charge on any atom is -0.480 e. The molecule has 1 saturated heterocycles. The first kappa shape index (κ1) is 17.5. The molecule has 2 aromatic rings. The van der Waals surface area contributed by atoms with Crippen molar-refractivity contribution in [2.75, 3.05) is 24.5 Å². The fourth-order valence-electron chi connectivity index (χ4n) is 2.87. The first-order valence-corrected chi connectivity index (χ1v) is 9.51. The van der Waals surface area contributed by atoms with Crippen LogP contribution >= 0.6 is 0 Å². The van der Waals surface area contributed by atoms with Gasteiger partial charge in [0.1, 0.15) is 12.3 Å². The van der Waals surface area contributed by atoms with Crippen LogP contribution in [0.1, 0.15) is 18.6 Å². The number of hydrogen-bond donors (Lipinski definition) is 1. The Labute approximate surface area is 146 Å². The number of benzene rings is 1. The predicted molar refractivity (Wildman–Crippen MR) is 91.8 cm³/mol. The first-order valence-electron chi connectivity index (χ1n) is 8.07. The summed E-state index contributed by atoms with van der Waals surface area (Å²) in [4.78, 5) is 12.8. The van der Waals surface area contributed by atoms with E-state index >= 15 is 0 Å². The molecular formula is C17H20N2O5S. The van der Waals surface area contributed by atoms with Gasteiger partial charge in [0.15, 0.2) is 0 Å². The van der Waals surface area contributed by atoms with Crippen molar-refractivity contribution >= 4 is 21.7 Å². The van der Waals surface area contributed by atoms with Crippen LogP contribution in [0.25, 0.3) is 0 Å². The highest BCUT2D eigenvalue weighted by atomic mass is 32.2. The molecule has 1 aromatic heterocycles. The zero-order chi connectivity index (χ0) is 17.9. The molecule has 1 aliphatic heterocycles. The van der Waals surface area contributed by atoms with Gasteiger partial charge in [0, 0.05) is 18.8 Å². The highest BCUT2D eigenvalue weighted by Gasteiger charge is 2.30. The van der Waals surface area contributed by atoms with Crippen LogP contribution in [0, 0.1) is 0 Å². The van der Waals surface area contributed by atoms with E-state index in [1.165, 1.54) is 10.4 Å². The van der Waals surface area contributed by atoms with Crippen molar-refractivity contribution in [2.24, 2.45) is 0 Å². The number of aliphatic carboxylic acids is 1. The third kappa shape index (κ3) is 4.02. The van der Waals surface area contributed by atoms with Crippen LogP contribution in [0.2, 0.25) is 0 Å². The van der Waals surface area contributed by atoms with Crippen LogP contribution in [0.5, 0.6) is 0 Å². The van der Waals surface area contributed by atoms with E-state index in [1.807, 2.05) is 18.2 Å². The lowest BCUT2D eigenvalue weighted by atomic mass is 10.2. The minimum atomic E-state index is -3.61. The van der Waals surface area contributed by atoms with Crippen molar-refractivity contribution in [1.29, 1.82) is 0 Å². The average molecular weight is 364 g/mol.